The number of hydrogen-bond donors (Lipinski definition) is 0. The highest BCUT2D eigenvalue weighted by atomic mass is 32.2. The van der Waals surface area contributed by atoms with Crippen molar-refractivity contribution in [2.24, 2.45) is 0 Å². The van der Waals surface area contributed by atoms with Crippen LogP contribution >= 0.6 is 11.3 Å². The number of fused-ring (bicyclic) bond motifs is 1. The van der Waals surface area contributed by atoms with E-state index >= 15 is 0 Å². The number of sulfonamides is 1. The molecule has 0 aliphatic heterocycles. The third kappa shape index (κ3) is 5.00. The monoisotopic (exact) mass is 547 g/mol. The fraction of sp³-hybridized carbons (Fsp3) is 0.143. The first-order valence-corrected chi connectivity index (χ1v) is 14.1. The Morgan fingerprint density at radius 2 is 1.76 bits per heavy atom. The molecule has 0 spiro atoms. The van der Waals surface area contributed by atoms with Crippen molar-refractivity contribution in [2.45, 2.75) is 18.4 Å². The van der Waals surface area contributed by atoms with Crippen molar-refractivity contribution in [1.29, 1.82) is 0 Å². The van der Waals surface area contributed by atoms with Gasteiger partial charge in [0.15, 0.2) is 5.13 Å². The number of nitrogens with zero attached hydrogens (tertiary/aromatic N) is 3. The maximum Gasteiger partial charge on any atom is 0.264 e. The summed E-state index contributed by atoms with van der Waals surface area (Å²) in [5.41, 5.74) is 1.62. The molecule has 5 rings (SSSR count). The van der Waals surface area contributed by atoms with Gasteiger partial charge in [0, 0.05) is 18.2 Å². The molecule has 2 aromatic heterocycles. The second-order valence-corrected chi connectivity index (χ2v) is 11.2. The Labute approximate surface area is 224 Å². The summed E-state index contributed by atoms with van der Waals surface area (Å²) in [5.74, 6) is 0.939. The molecule has 0 unspecified atom stereocenters. The standard InChI is InChI=1S/C28H25N3O5S2/c1-3-31(21-8-5-4-6-9-21)38(33,34)24-14-11-20(12-15-24)27(32)30(19-23-10-7-17-36-23)28-29-25-18-22(35-2)13-16-26(25)37-28/h4-18H,3,19H2,1-2H3. The van der Waals surface area contributed by atoms with Gasteiger partial charge < -0.3 is 9.15 Å². The average Bonchev–Trinajstić information content (AvgIpc) is 3.61. The number of methoxy groups -OCH3 is 1. The first kappa shape index (κ1) is 25.5. The lowest BCUT2D eigenvalue weighted by atomic mass is 10.2. The Hall–Kier alpha value is -4.15. The molecule has 0 bridgehead atoms. The van der Waals surface area contributed by atoms with Gasteiger partial charge >= 0.3 is 0 Å². The van der Waals surface area contributed by atoms with Gasteiger partial charge in [0.2, 0.25) is 0 Å². The number of furan rings is 1. The molecule has 0 aliphatic rings. The molecule has 5 aromatic rings. The van der Waals surface area contributed by atoms with Crippen molar-refractivity contribution in [1.82, 2.24) is 4.98 Å². The summed E-state index contributed by atoms with van der Waals surface area (Å²) in [7, 11) is -2.22. The van der Waals surface area contributed by atoms with Gasteiger partial charge in [-0.05, 0) is 67.6 Å². The fourth-order valence-corrected chi connectivity index (χ4v) is 6.48. The zero-order valence-electron chi connectivity index (χ0n) is 20.8. The molecule has 1 amide bonds. The summed E-state index contributed by atoms with van der Waals surface area (Å²) in [6, 6.07) is 24.0. The molecule has 194 valence electrons. The molecule has 0 N–H and O–H groups in total. The minimum absolute atomic E-state index is 0.101. The van der Waals surface area contributed by atoms with Gasteiger partial charge in [0.1, 0.15) is 11.5 Å². The number of anilines is 2. The summed E-state index contributed by atoms with van der Waals surface area (Å²) in [6.07, 6.45) is 1.55. The van der Waals surface area contributed by atoms with E-state index in [0.29, 0.717) is 33.4 Å². The number of aromatic nitrogens is 1. The Morgan fingerprint density at radius 1 is 1.00 bits per heavy atom. The summed E-state index contributed by atoms with van der Waals surface area (Å²) in [4.78, 5) is 20.0. The van der Waals surface area contributed by atoms with Crippen LogP contribution in [-0.2, 0) is 16.6 Å². The molecular weight excluding hydrogens is 522 g/mol. The molecule has 2 heterocycles. The maximum absolute atomic E-state index is 13.7. The number of carbonyl (C=O) groups excluding carboxylic acids is 1. The zero-order chi connectivity index (χ0) is 26.7. The van der Waals surface area contributed by atoms with Crippen LogP contribution in [0.4, 0.5) is 10.8 Å². The maximum atomic E-state index is 13.7. The minimum atomic E-state index is -3.81. The second kappa shape index (κ2) is 10.7. The van der Waals surface area contributed by atoms with Gasteiger partial charge in [0.05, 0.1) is 40.7 Å². The van der Waals surface area contributed by atoms with E-state index in [4.69, 9.17) is 9.15 Å². The molecule has 0 atom stereocenters. The minimum Gasteiger partial charge on any atom is -0.497 e. The van der Waals surface area contributed by atoms with Crippen molar-refractivity contribution >= 4 is 48.3 Å². The summed E-state index contributed by atoms with van der Waals surface area (Å²) < 4.78 is 39.8. The van der Waals surface area contributed by atoms with Crippen LogP contribution in [0.25, 0.3) is 10.2 Å². The first-order valence-electron chi connectivity index (χ1n) is 11.9. The highest BCUT2D eigenvalue weighted by Gasteiger charge is 2.26. The molecule has 0 saturated carbocycles. The molecule has 3 aromatic carbocycles. The van der Waals surface area contributed by atoms with E-state index in [0.717, 1.165) is 4.70 Å². The molecule has 8 nitrogen and oxygen atoms in total. The first-order chi connectivity index (χ1) is 18.4. The van der Waals surface area contributed by atoms with Gasteiger partial charge in [-0.2, -0.15) is 0 Å². The molecule has 38 heavy (non-hydrogen) atoms. The van der Waals surface area contributed by atoms with Crippen LogP contribution in [0.3, 0.4) is 0 Å². The van der Waals surface area contributed by atoms with E-state index in [-0.39, 0.29) is 23.9 Å². The van der Waals surface area contributed by atoms with Crippen molar-refractivity contribution in [3.8, 4) is 5.75 Å². The highest BCUT2D eigenvalue weighted by Crippen LogP contribution is 2.33. The summed E-state index contributed by atoms with van der Waals surface area (Å²) >= 11 is 1.38. The number of amides is 1. The van der Waals surface area contributed by atoms with E-state index in [1.807, 2.05) is 24.3 Å². The van der Waals surface area contributed by atoms with Gasteiger partial charge in [-0.15, -0.1) is 0 Å². The third-order valence-corrected chi connectivity index (χ3v) is 8.95. The topological polar surface area (TPSA) is 93.0 Å². The van der Waals surface area contributed by atoms with E-state index in [2.05, 4.69) is 4.98 Å². The zero-order valence-corrected chi connectivity index (χ0v) is 22.4. The van der Waals surface area contributed by atoms with Gasteiger partial charge in [-0.25, -0.2) is 13.4 Å². The number of para-hydroxylation sites is 1. The lowest BCUT2D eigenvalue weighted by Gasteiger charge is -2.23. The fourth-order valence-electron chi connectivity index (χ4n) is 4.06. The van der Waals surface area contributed by atoms with Crippen LogP contribution < -0.4 is 13.9 Å². The summed E-state index contributed by atoms with van der Waals surface area (Å²) in [5, 5.41) is 0.493. The molecule has 0 saturated heterocycles. The van der Waals surface area contributed by atoms with Crippen LogP contribution in [0.15, 0.2) is 101 Å². The number of hydrogen-bond acceptors (Lipinski definition) is 7. The molecule has 0 aliphatic carbocycles. The number of ether oxygens (including phenoxy) is 1. The number of benzene rings is 3. The second-order valence-electron chi connectivity index (χ2n) is 8.33. The third-order valence-electron chi connectivity index (χ3n) is 5.97. The molecule has 10 heteroatoms. The molecule has 0 radical (unpaired) electrons. The predicted molar refractivity (Wildman–Crippen MR) is 148 cm³/mol. The number of rotatable bonds is 9. The van der Waals surface area contributed by atoms with Crippen molar-refractivity contribution in [2.75, 3.05) is 22.9 Å². The van der Waals surface area contributed by atoms with Crippen molar-refractivity contribution < 1.29 is 22.4 Å². The normalized spacial score (nSPS) is 11.4. The summed E-state index contributed by atoms with van der Waals surface area (Å²) in [6.45, 7) is 2.22. The van der Waals surface area contributed by atoms with E-state index in [9.17, 15) is 13.2 Å². The lowest BCUT2D eigenvalue weighted by Crippen LogP contribution is -2.31. The predicted octanol–water partition coefficient (Wildman–Crippen LogP) is 5.96. The number of thiazole rings is 1. The molecule has 0 fully saturated rings. The van der Waals surface area contributed by atoms with Gasteiger partial charge in [0.25, 0.3) is 15.9 Å². The van der Waals surface area contributed by atoms with E-state index in [1.54, 1.807) is 56.7 Å². The Bertz CT molecular complexity index is 1650. The molecular formula is C28H25N3O5S2. The SMILES string of the molecule is CCN(c1ccccc1)S(=O)(=O)c1ccc(C(=O)N(Cc2ccco2)c2nc3cc(OC)ccc3s2)cc1. The largest absolute Gasteiger partial charge is 0.497 e. The van der Waals surface area contributed by atoms with Crippen LogP contribution in [0, 0.1) is 0 Å². The van der Waals surface area contributed by atoms with Crippen LogP contribution in [-0.4, -0.2) is 33.0 Å². The smallest absolute Gasteiger partial charge is 0.264 e. The van der Waals surface area contributed by atoms with Crippen molar-refractivity contribution in [3.05, 3.63) is 103 Å². The Morgan fingerprint density at radius 3 is 2.42 bits per heavy atom. The highest BCUT2D eigenvalue weighted by molar-refractivity contribution is 7.92. The van der Waals surface area contributed by atoms with Gasteiger partial charge in [-0.1, -0.05) is 29.5 Å². The Balaban J connectivity index is 1.47. The quantitative estimate of drug-likeness (QED) is 0.226. The van der Waals surface area contributed by atoms with Crippen LogP contribution in [0.1, 0.15) is 23.0 Å². The number of carbonyl (C=O) groups is 1. The van der Waals surface area contributed by atoms with Crippen molar-refractivity contribution in [3.63, 3.8) is 0 Å². The van der Waals surface area contributed by atoms with E-state index in [1.165, 1.54) is 44.8 Å². The Kier molecular flexibility index (Phi) is 7.17. The average molecular weight is 548 g/mol. The van der Waals surface area contributed by atoms with Gasteiger partial charge in [-0.3, -0.25) is 14.0 Å². The van der Waals surface area contributed by atoms with Crippen LogP contribution in [0.5, 0.6) is 5.75 Å². The lowest BCUT2D eigenvalue weighted by molar-refractivity contribution is 0.0983. The van der Waals surface area contributed by atoms with E-state index < -0.39 is 10.0 Å². The van der Waals surface area contributed by atoms with Crippen LogP contribution in [0.2, 0.25) is 0 Å².